The molecule has 0 spiro atoms. The lowest BCUT2D eigenvalue weighted by atomic mass is 10.1. The number of hydrogen-bond acceptors (Lipinski definition) is 6. The summed E-state index contributed by atoms with van der Waals surface area (Å²) in [4.78, 5) is 16.6. The van der Waals surface area contributed by atoms with Crippen molar-refractivity contribution in [2.75, 3.05) is 6.61 Å². The molecular weight excluding hydrogens is 219 g/mol. The van der Waals surface area contributed by atoms with Crippen molar-refractivity contribution >= 4 is 7.82 Å². The average Bonchev–Trinajstić information content (AvgIpc) is 2.28. The molecule has 5 N–H and O–H groups in total. The van der Waals surface area contributed by atoms with Gasteiger partial charge in [-0.25, -0.2) is 4.57 Å². The molecule has 1 fully saturated rings. The van der Waals surface area contributed by atoms with Crippen LogP contribution in [0.1, 0.15) is 0 Å². The lowest BCUT2D eigenvalue weighted by molar-refractivity contribution is -0.132. The number of hydrogen-bond donors (Lipinski definition) is 5. The van der Waals surface area contributed by atoms with E-state index in [4.69, 9.17) is 25.1 Å². The first-order valence-electron chi connectivity index (χ1n) is 3.71. The van der Waals surface area contributed by atoms with Gasteiger partial charge in [0.05, 0.1) is 6.61 Å². The normalized spacial score (nSPS) is 38.9. The summed E-state index contributed by atoms with van der Waals surface area (Å²) >= 11 is 0. The number of rotatable bonds is 3. The molecule has 0 radical (unpaired) electrons. The molecule has 9 heteroatoms. The van der Waals surface area contributed by atoms with Crippen molar-refractivity contribution in [3.8, 4) is 0 Å². The minimum absolute atomic E-state index is 0.612. The van der Waals surface area contributed by atoms with Gasteiger partial charge in [0.1, 0.15) is 18.3 Å². The molecule has 0 aliphatic carbocycles. The zero-order chi connectivity index (χ0) is 10.9. The zero-order valence-electron chi connectivity index (χ0n) is 6.92. The first-order chi connectivity index (χ1) is 6.31. The fourth-order valence-electron chi connectivity index (χ4n) is 1.04. The minimum atomic E-state index is -4.64. The number of phosphoric ester groups is 1. The molecule has 0 aromatic rings. The van der Waals surface area contributed by atoms with Gasteiger partial charge >= 0.3 is 7.82 Å². The van der Waals surface area contributed by atoms with Gasteiger partial charge in [0.25, 0.3) is 0 Å². The lowest BCUT2D eigenvalue weighted by Crippen LogP contribution is -2.34. The monoisotopic (exact) mass is 230 g/mol. The fourth-order valence-corrected chi connectivity index (χ4v) is 1.38. The van der Waals surface area contributed by atoms with E-state index in [1.807, 2.05) is 0 Å². The van der Waals surface area contributed by atoms with Crippen LogP contribution < -0.4 is 0 Å². The van der Waals surface area contributed by atoms with Crippen LogP contribution in [0.5, 0.6) is 0 Å². The van der Waals surface area contributed by atoms with Gasteiger partial charge in [0.2, 0.25) is 0 Å². The Balaban J connectivity index is 2.44. The molecule has 0 aromatic heterocycles. The van der Waals surface area contributed by atoms with Crippen molar-refractivity contribution in [3.05, 3.63) is 0 Å². The van der Waals surface area contributed by atoms with Crippen molar-refractivity contribution in [2.45, 2.75) is 24.6 Å². The molecule has 1 rings (SSSR count). The predicted molar refractivity (Wildman–Crippen MR) is 40.9 cm³/mol. The largest absolute Gasteiger partial charge is 0.469 e. The molecular formula is C5H11O8P. The van der Waals surface area contributed by atoms with Crippen molar-refractivity contribution in [2.24, 2.45) is 0 Å². The standard InChI is InChI=1S/C5H11O8P/c6-3-2(1-12-14(9,10)11)13-5(8)4(3)7/h2-8H,1H2,(H2,9,10,11)/t2?,3-,4-,5-/m1/s1. The van der Waals surface area contributed by atoms with Gasteiger partial charge in [0.15, 0.2) is 6.29 Å². The Morgan fingerprint density at radius 1 is 1.21 bits per heavy atom. The summed E-state index contributed by atoms with van der Waals surface area (Å²) in [6.07, 6.45) is -5.67. The van der Waals surface area contributed by atoms with E-state index in [0.29, 0.717) is 0 Å². The van der Waals surface area contributed by atoms with Gasteiger partial charge < -0.3 is 29.8 Å². The van der Waals surface area contributed by atoms with Crippen LogP contribution in [0.15, 0.2) is 0 Å². The Labute approximate surface area is 78.9 Å². The molecule has 1 aliphatic heterocycles. The number of ether oxygens (including phenoxy) is 1. The summed E-state index contributed by atoms with van der Waals surface area (Å²) in [5.74, 6) is 0. The van der Waals surface area contributed by atoms with E-state index in [-0.39, 0.29) is 0 Å². The topological polar surface area (TPSA) is 137 Å². The van der Waals surface area contributed by atoms with E-state index >= 15 is 0 Å². The van der Waals surface area contributed by atoms with Crippen molar-refractivity contribution in [1.29, 1.82) is 0 Å². The van der Waals surface area contributed by atoms with Crippen LogP contribution >= 0.6 is 7.82 Å². The van der Waals surface area contributed by atoms with E-state index in [1.165, 1.54) is 0 Å². The Morgan fingerprint density at radius 2 is 1.79 bits per heavy atom. The van der Waals surface area contributed by atoms with Gasteiger partial charge in [-0.1, -0.05) is 0 Å². The smallest absolute Gasteiger partial charge is 0.387 e. The highest BCUT2D eigenvalue weighted by Gasteiger charge is 2.42. The molecule has 0 saturated carbocycles. The summed E-state index contributed by atoms with van der Waals surface area (Å²) in [6.45, 7) is -0.612. The van der Waals surface area contributed by atoms with E-state index in [9.17, 15) is 4.57 Å². The van der Waals surface area contributed by atoms with E-state index < -0.39 is 39.0 Å². The van der Waals surface area contributed by atoms with Crippen molar-refractivity contribution < 1.29 is 38.9 Å². The van der Waals surface area contributed by atoms with Gasteiger partial charge in [-0.3, -0.25) is 4.52 Å². The molecule has 1 aliphatic rings. The lowest BCUT2D eigenvalue weighted by Gasteiger charge is -2.14. The molecule has 8 nitrogen and oxygen atoms in total. The molecule has 84 valence electrons. The molecule has 14 heavy (non-hydrogen) atoms. The Kier molecular flexibility index (Phi) is 3.62. The SMILES string of the molecule is O=P(O)(O)OCC1O[C@@H](O)[C@H](O)[C@@H]1O. The van der Waals surface area contributed by atoms with Gasteiger partial charge in [-0.2, -0.15) is 0 Å². The summed E-state index contributed by atoms with van der Waals surface area (Å²) in [7, 11) is -4.64. The highest BCUT2D eigenvalue weighted by Crippen LogP contribution is 2.36. The van der Waals surface area contributed by atoms with E-state index in [0.717, 1.165) is 0 Å². The number of aliphatic hydroxyl groups excluding tert-OH is 3. The summed E-state index contributed by atoms with van der Waals surface area (Å²) in [5, 5.41) is 27.0. The first kappa shape index (κ1) is 12.0. The second-order valence-corrected chi connectivity index (χ2v) is 4.07. The Hall–Kier alpha value is -0.0500. The highest BCUT2D eigenvalue weighted by atomic mass is 31.2. The zero-order valence-corrected chi connectivity index (χ0v) is 7.82. The van der Waals surface area contributed by atoms with Crippen LogP contribution in [-0.4, -0.2) is 56.3 Å². The third-order valence-corrected chi connectivity index (χ3v) is 2.23. The van der Waals surface area contributed by atoms with Crippen LogP contribution in [0.25, 0.3) is 0 Å². The summed E-state index contributed by atoms with van der Waals surface area (Å²) < 4.78 is 18.9. The molecule has 0 bridgehead atoms. The second-order valence-electron chi connectivity index (χ2n) is 2.83. The third-order valence-electron chi connectivity index (χ3n) is 1.74. The maximum Gasteiger partial charge on any atom is 0.469 e. The Morgan fingerprint density at radius 3 is 2.14 bits per heavy atom. The van der Waals surface area contributed by atoms with E-state index in [2.05, 4.69) is 9.26 Å². The summed E-state index contributed by atoms with van der Waals surface area (Å²) in [5.41, 5.74) is 0. The second kappa shape index (κ2) is 4.21. The van der Waals surface area contributed by atoms with Crippen molar-refractivity contribution in [3.63, 3.8) is 0 Å². The van der Waals surface area contributed by atoms with Crippen LogP contribution in [-0.2, 0) is 13.8 Å². The molecule has 1 unspecified atom stereocenters. The highest BCUT2D eigenvalue weighted by molar-refractivity contribution is 7.46. The third kappa shape index (κ3) is 2.97. The summed E-state index contributed by atoms with van der Waals surface area (Å²) in [6, 6.07) is 0. The molecule has 1 heterocycles. The minimum Gasteiger partial charge on any atom is -0.387 e. The molecule has 0 aromatic carbocycles. The number of phosphoric acid groups is 1. The number of aliphatic hydroxyl groups is 3. The first-order valence-corrected chi connectivity index (χ1v) is 5.24. The van der Waals surface area contributed by atoms with Crippen molar-refractivity contribution in [1.82, 2.24) is 0 Å². The van der Waals surface area contributed by atoms with Gasteiger partial charge in [-0.05, 0) is 0 Å². The molecule has 1 saturated heterocycles. The maximum atomic E-state index is 10.3. The van der Waals surface area contributed by atoms with Crippen LogP contribution in [0.3, 0.4) is 0 Å². The average molecular weight is 230 g/mol. The quantitative estimate of drug-likeness (QED) is 0.336. The molecule has 4 atom stereocenters. The predicted octanol–water partition coefficient (Wildman–Crippen LogP) is -2.47. The maximum absolute atomic E-state index is 10.3. The molecule has 0 amide bonds. The van der Waals surface area contributed by atoms with Gasteiger partial charge in [-0.15, -0.1) is 0 Å². The fraction of sp³-hybridized carbons (Fsp3) is 1.00. The van der Waals surface area contributed by atoms with Crippen LogP contribution in [0, 0.1) is 0 Å². The van der Waals surface area contributed by atoms with E-state index in [1.54, 1.807) is 0 Å². The van der Waals surface area contributed by atoms with Crippen LogP contribution in [0.4, 0.5) is 0 Å². The Bertz CT molecular complexity index is 238. The van der Waals surface area contributed by atoms with Gasteiger partial charge in [0, 0.05) is 0 Å². The van der Waals surface area contributed by atoms with Crippen LogP contribution in [0.2, 0.25) is 0 Å².